The van der Waals surface area contributed by atoms with Crippen molar-refractivity contribution >= 4 is 38.5 Å². The Labute approximate surface area is 188 Å². The van der Waals surface area contributed by atoms with Gasteiger partial charge in [-0.1, -0.05) is 18.2 Å². The lowest BCUT2D eigenvalue weighted by molar-refractivity contribution is 0.0738. The first-order valence-electron chi connectivity index (χ1n) is 10.5. The van der Waals surface area contributed by atoms with Crippen LogP contribution in [0.4, 0.5) is 0 Å². The molecule has 0 saturated heterocycles. The minimum absolute atomic E-state index is 0.0178. The van der Waals surface area contributed by atoms with Gasteiger partial charge in [-0.2, -0.15) is 0 Å². The summed E-state index contributed by atoms with van der Waals surface area (Å²) in [6, 6.07) is 18.2. The molecular formula is C25H20N4O2S. The number of benzene rings is 2. The van der Waals surface area contributed by atoms with Gasteiger partial charge in [-0.3, -0.25) is 4.79 Å². The van der Waals surface area contributed by atoms with Gasteiger partial charge in [0.1, 0.15) is 23.0 Å². The number of H-pyrrole nitrogens is 1. The summed E-state index contributed by atoms with van der Waals surface area (Å²) < 4.78 is 5.97. The number of nitrogens with one attached hydrogen (secondary N) is 1. The highest BCUT2D eigenvalue weighted by atomic mass is 32.1. The highest BCUT2D eigenvalue weighted by Crippen LogP contribution is 2.32. The van der Waals surface area contributed by atoms with E-state index in [2.05, 4.69) is 39.2 Å². The van der Waals surface area contributed by atoms with E-state index in [1.165, 1.54) is 11.3 Å². The van der Waals surface area contributed by atoms with Gasteiger partial charge in [-0.25, -0.2) is 9.97 Å². The quantitative estimate of drug-likeness (QED) is 0.410. The summed E-state index contributed by atoms with van der Waals surface area (Å²) in [5, 5.41) is 0.999. The van der Waals surface area contributed by atoms with Gasteiger partial charge in [0.2, 0.25) is 0 Å². The van der Waals surface area contributed by atoms with Crippen molar-refractivity contribution in [3.05, 3.63) is 77.1 Å². The summed E-state index contributed by atoms with van der Waals surface area (Å²) >= 11 is 1.44. The molecule has 0 radical (unpaired) electrons. The van der Waals surface area contributed by atoms with E-state index in [9.17, 15) is 4.79 Å². The van der Waals surface area contributed by atoms with Gasteiger partial charge in [0.15, 0.2) is 0 Å². The largest absolute Gasteiger partial charge is 0.491 e. The number of aromatic amines is 1. The van der Waals surface area contributed by atoms with Gasteiger partial charge in [0, 0.05) is 23.7 Å². The summed E-state index contributed by atoms with van der Waals surface area (Å²) in [6.07, 6.45) is 1.76. The van der Waals surface area contributed by atoms with Crippen LogP contribution in [0, 0.1) is 6.92 Å². The van der Waals surface area contributed by atoms with Gasteiger partial charge in [0.25, 0.3) is 5.91 Å². The van der Waals surface area contributed by atoms with Crippen LogP contribution in [0.3, 0.4) is 0 Å². The van der Waals surface area contributed by atoms with E-state index in [1.54, 1.807) is 6.20 Å². The van der Waals surface area contributed by atoms with Crippen LogP contribution in [0.5, 0.6) is 5.75 Å². The molecule has 32 heavy (non-hydrogen) atoms. The second-order valence-corrected chi connectivity index (χ2v) is 8.99. The molecule has 0 bridgehead atoms. The van der Waals surface area contributed by atoms with E-state index in [0.29, 0.717) is 24.6 Å². The lowest BCUT2D eigenvalue weighted by atomic mass is 10.0. The fourth-order valence-electron chi connectivity index (χ4n) is 4.20. The monoisotopic (exact) mass is 440 g/mol. The molecule has 4 heterocycles. The van der Waals surface area contributed by atoms with Crippen molar-refractivity contribution in [3.8, 4) is 16.9 Å². The number of aromatic nitrogens is 3. The number of fused-ring (bicyclic) bond motifs is 3. The average molecular weight is 441 g/mol. The van der Waals surface area contributed by atoms with Crippen molar-refractivity contribution in [2.24, 2.45) is 0 Å². The highest BCUT2D eigenvalue weighted by molar-refractivity contribution is 7.20. The van der Waals surface area contributed by atoms with Gasteiger partial charge in [0.05, 0.1) is 22.5 Å². The van der Waals surface area contributed by atoms with Crippen LogP contribution in [0.15, 0.2) is 60.8 Å². The molecule has 2 aromatic carbocycles. The standard InChI is InChI=1S/C25H20N4O2S/c1-15-27-20-6-4-17(12-21(20)28-15)16-5-7-22-19(11-16)14-29(9-10-31-22)25(30)23-13-18-3-2-8-26-24(18)32-23/h2-8,11-13H,9-10,14H2,1H3,(H,27,28). The summed E-state index contributed by atoms with van der Waals surface area (Å²) in [6.45, 7) is 3.48. The number of amides is 1. The third-order valence-corrected chi connectivity index (χ3v) is 6.81. The summed E-state index contributed by atoms with van der Waals surface area (Å²) in [4.78, 5) is 28.9. The average Bonchev–Trinajstić information content (AvgIpc) is 3.33. The minimum Gasteiger partial charge on any atom is -0.491 e. The molecule has 6 rings (SSSR count). The predicted molar refractivity (Wildman–Crippen MR) is 126 cm³/mol. The molecule has 0 atom stereocenters. The third-order valence-electron chi connectivity index (χ3n) is 5.77. The number of imidazole rings is 1. The number of rotatable bonds is 2. The Hall–Kier alpha value is -3.71. The van der Waals surface area contributed by atoms with Crippen LogP contribution >= 0.6 is 11.3 Å². The minimum atomic E-state index is 0.0178. The molecule has 3 aromatic heterocycles. The molecule has 7 heteroatoms. The molecule has 5 aromatic rings. The Bertz CT molecular complexity index is 1450. The number of nitrogens with zero attached hydrogens (tertiary/aromatic N) is 3. The van der Waals surface area contributed by atoms with Gasteiger partial charge in [-0.05, 0) is 54.4 Å². The highest BCUT2D eigenvalue weighted by Gasteiger charge is 2.23. The molecule has 0 spiro atoms. The van der Waals surface area contributed by atoms with Gasteiger partial charge in [-0.15, -0.1) is 11.3 Å². The van der Waals surface area contributed by atoms with E-state index >= 15 is 0 Å². The second-order valence-electron chi connectivity index (χ2n) is 7.96. The summed E-state index contributed by atoms with van der Waals surface area (Å²) in [7, 11) is 0. The van der Waals surface area contributed by atoms with Crippen molar-refractivity contribution in [2.45, 2.75) is 13.5 Å². The van der Waals surface area contributed by atoms with E-state index in [-0.39, 0.29) is 5.91 Å². The molecule has 0 saturated carbocycles. The van der Waals surface area contributed by atoms with E-state index in [1.807, 2.05) is 42.2 Å². The van der Waals surface area contributed by atoms with Gasteiger partial charge >= 0.3 is 0 Å². The van der Waals surface area contributed by atoms with E-state index in [4.69, 9.17) is 4.74 Å². The topological polar surface area (TPSA) is 71.1 Å². The maximum Gasteiger partial charge on any atom is 0.264 e. The molecule has 6 nitrogen and oxygen atoms in total. The van der Waals surface area contributed by atoms with Crippen LogP contribution in [-0.2, 0) is 6.54 Å². The van der Waals surface area contributed by atoms with Crippen LogP contribution in [0.1, 0.15) is 21.1 Å². The number of carbonyl (C=O) groups excluding carboxylic acids is 1. The zero-order valence-corrected chi connectivity index (χ0v) is 18.3. The Morgan fingerprint density at radius 2 is 2.00 bits per heavy atom. The Morgan fingerprint density at radius 1 is 1.12 bits per heavy atom. The first-order chi connectivity index (χ1) is 15.6. The Kier molecular flexibility index (Phi) is 4.43. The van der Waals surface area contributed by atoms with Crippen LogP contribution in [0.25, 0.3) is 32.4 Å². The van der Waals surface area contributed by atoms with Crippen molar-refractivity contribution in [3.63, 3.8) is 0 Å². The lowest BCUT2D eigenvalue weighted by Gasteiger charge is -2.19. The number of pyridine rings is 1. The lowest BCUT2D eigenvalue weighted by Crippen LogP contribution is -2.31. The molecular weight excluding hydrogens is 420 g/mol. The first-order valence-corrected chi connectivity index (χ1v) is 11.3. The van der Waals surface area contributed by atoms with Crippen molar-refractivity contribution in [2.75, 3.05) is 13.2 Å². The molecule has 158 valence electrons. The smallest absolute Gasteiger partial charge is 0.264 e. The fourth-order valence-corrected chi connectivity index (χ4v) is 5.17. The number of aryl methyl sites for hydroxylation is 1. The maximum absolute atomic E-state index is 13.3. The van der Waals surface area contributed by atoms with Crippen LogP contribution in [-0.4, -0.2) is 38.9 Å². The zero-order chi connectivity index (χ0) is 21.7. The number of thiophene rings is 1. The molecule has 1 N–H and O–H groups in total. The van der Waals surface area contributed by atoms with Gasteiger partial charge < -0.3 is 14.6 Å². The molecule has 1 aliphatic rings. The maximum atomic E-state index is 13.3. The number of hydrogen-bond donors (Lipinski definition) is 1. The van der Waals surface area contributed by atoms with Crippen molar-refractivity contribution < 1.29 is 9.53 Å². The van der Waals surface area contributed by atoms with E-state index < -0.39 is 0 Å². The van der Waals surface area contributed by atoms with Crippen LogP contribution in [0.2, 0.25) is 0 Å². The molecule has 1 amide bonds. The normalized spacial score (nSPS) is 13.7. The SMILES string of the molecule is Cc1nc2ccc(-c3ccc4c(c3)CN(C(=O)c3cc5cccnc5s3)CCO4)cc2[nH]1. The first kappa shape index (κ1) is 19.0. The Balaban J connectivity index is 1.32. The second kappa shape index (κ2) is 7.46. The molecule has 0 fully saturated rings. The fraction of sp³-hybridized carbons (Fsp3) is 0.160. The number of carbonyl (C=O) groups is 1. The van der Waals surface area contributed by atoms with Crippen molar-refractivity contribution in [1.29, 1.82) is 0 Å². The van der Waals surface area contributed by atoms with E-state index in [0.717, 1.165) is 49.5 Å². The Morgan fingerprint density at radius 3 is 2.91 bits per heavy atom. The van der Waals surface area contributed by atoms with Crippen LogP contribution < -0.4 is 4.74 Å². The zero-order valence-electron chi connectivity index (χ0n) is 17.5. The van der Waals surface area contributed by atoms with Crippen molar-refractivity contribution in [1.82, 2.24) is 19.9 Å². The summed E-state index contributed by atoms with van der Waals surface area (Å²) in [5.41, 5.74) is 5.16. The molecule has 0 aliphatic carbocycles. The summed E-state index contributed by atoms with van der Waals surface area (Å²) in [5.74, 6) is 1.75. The third kappa shape index (κ3) is 3.31. The number of ether oxygens (including phenoxy) is 1. The molecule has 1 aliphatic heterocycles. The number of hydrogen-bond acceptors (Lipinski definition) is 5. The molecule has 0 unspecified atom stereocenters. The predicted octanol–water partition coefficient (Wildman–Crippen LogP) is 5.18.